The predicted octanol–water partition coefficient (Wildman–Crippen LogP) is 2.06. The molecule has 9 heteroatoms. The van der Waals surface area contributed by atoms with Gasteiger partial charge in [-0.05, 0) is 48.4 Å². The molecule has 2 aromatic carbocycles. The van der Waals surface area contributed by atoms with Gasteiger partial charge in [0.2, 0.25) is 5.91 Å². The molecule has 2 heterocycles. The molecule has 0 aliphatic heterocycles. The molecule has 31 heavy (non-hydrogen) atoms. The molecule has 1 amide bonds. The molecule has 0 aliphatic rings. The number of nitrogens with zero attached hydrogens (tertiary/aromatic N) is 3. The Morgan fingerprint density at radius 3 is 2.52 bits per heavy atom. The molecule has 0 saturated heterocycles. The number of pyridine rings is 1. The highest BCUT2D eigenvalue weighted by molar-refractivity contribution is 7.90. The summed E-state index contributed by atoms with van der Waals surface area (Å²) in [5.74, 6) is -0.415. The van der Waals surface area contributed by atoms with Crippen LogP contribution in [0.25, 0.3) is 11.0 Å². The van der Waals surface area contributed by atoms with E-state index in [4.69, 9.17) is 0 Å². The third-order valence-corrected chi connectivity index (χ3v) is 6.52. The van der Waals surface area contributed by atoms with Crippen LogP contribution in [0.5, 0.6) is 0 Å². The van der Waals surface area contributed by atoms with Gasteiger partial charge in [-0.3, -0.25) is 14.3 Å². The molecule has 0 radical (unpaired) electrons. The van der Waals surface area contributed by atoms with Crippen molar-refractivity contribution in [2.45, 2.75) is 24.9 Å². The minimum atomic E-state index is -4.15. The van der Waals surface area contributed by atoms with E-state index in [0.717, 1.165) is 15.1 Å². The van der Waals surface area contributed by atoms with Gasteiger partial charge in [0.25, 0.3) is 10.0 Å². The summed E-state index contributed by atoms with van der Waals surface area (Å²) in [4.78, 5) is 29.7. The zero-order valence-corrected chi connectivity index (χ0v) is 17.5. The smallest absolute Gasteiger partial charge is 0.343 e. The van der Waals surface area contributed by atoms with E-state index in [1.54, 1.807) is 61.8 Å². The Labute approximate surface area is 178 Å². The first kappa shape index (κ1) is 20.5. The van der Waals surface area contributed by atoms with Gasteiger partial charge in [-0.15, -0.1) is 0 Å². The lowest BCUT2D eigenvalue weighted by Crippen LogP contribution is -2.34. The summed E-state index contributed by atoms with van der Waals surface area (Å²) in [6.07, 6.45) is 3.27. The van der Waals surface area contributed by atoms with Crippen molar-refractivity contribution in [1.82, 2.24) is 18.8 Å². The largest absolute Gasteiger partial charge is 0.350 e. The highest BCUT2D eigenvalue weighted by atomic mass is 32.2. The topological polar surface area (TPSA) is 103 Å². The number of hydrogen-bond donors (Lipinski definition) is 1. The van der Waals surface area contributed by atoms with Crippen LogP contribution in [0.2, 0.25) is 0 Å². The molecule has 8 nitrogen and oxygen atoms in total. The van der Waals surface area contributed by atoms with Gasteiger partial charge in [0.05, 0.1) is 15.9 Å². The maximum Gasteiger partial charge on any atom is 0.343 e. The molecule has 0 bridgehead atoms. The second kappa shape index (κ2) is 8.19. The van der Waals surface area contributed by atoms with Crippen molar-refractivity contribution in [1.29, 1.82) is 0 Å². The summed E-state index contributed by atoms with van der Waals surface area (Å²) in [7, 11) is -4.15. The Bertz CT molecular complexity index is 1420. The number of carbonyl (C=O) groups excluding carboxylic acids is 1. The number of amides is 1. The fraction of sp³-hybridized carbons (Fsp3) is 0.136. The SMILES string of the molecule is Cc1cccc(S(=O)(=O)n2c(=O)n(CC(=O)NCc3cccnc3)c3ccccc32)c1. The molecule has 0 atom stereocenters. The van der Waals surface area contributed by atoms with Crippen molar-refractivity contribution in [2.75, 3.05) is 0 Å². The van der Waals surface area contributed by atoms with Gasteiger partial charge in [-0.2, -0.15) is 3.97 Å². The first-order chi connectivity index (χ1) is 14.9. The zero-order valence-electron chi connectivity index (χ0n) is 16.7. The van der Waals surface area contributed by atoms with Gasteiger partial charge in [0, 0.05) is 18.9 Å². The number of fused-ring (bicyclic) bond motifs is 1. The normalized spacial score (nSPS) is 11.5. The summed E-state index contributed by atoms with van der Waals surface area (Å²) in [5.41, 5.74) is 1.36. The second-order valence-electron chi connectivity index (χ2n) is 7.08. The number of para-hydroxylation sites is 2. The number of nitrogens with one attached hydrogen (secondary N) is 1. The van der Waals surface area contributed by atoms with E-state index in [-0.39, 0.29) is 23.5 Å². The first-order valence-electron chi connectivity index (χ1n) is 9.56. The minimum Gasteiger partial charge on any atom is -0.350 e. The van der Waals surface area contributed by atoms with E-state index in [9.17, 15) is 18.0 Å². The molecule has 0 saturated carbocycles. The monoisotopic (exact) mass is 436 g/mol. The van der Waals surface area contributed by atoms with Crippen molar-refractivity contribution in [3.05, 3.63) is 94.7 Å². The zero-order chi connectivity index (χ0) is 22.0. The first-order valence-corrected chi connectivity index (χ1v) is 11.0. The van der Waals surface area contributed by atoms with Crippen molar-refractivity contribution in [3.63, 3.8) is 0 Å². The van der Waals surface area contributed by atoms with E-state index in [1.165, 1.54) is 16.7 Å². The van der Waals surface area contributed by atoms with E-state index in [1.807, 2.05) is 6.07 Å². The Morgan fingerprint density at radius 1 is 1.03 bits per heavy atom. The maximum atomic E-state index is 13.3. The van der Waals surface area contributed by atoms with Crippen LogP contribution in [-0.4, -0.2) is 27.8 Å². The molecule has 0 aliphatic carbocycles. The molecule has 0 spiro atoms. The van der Waals surface area contributed by atoms with E-state index in [0.29, 0.717) is 5.52 Å². The highest BCUT2D eigenvalue weighted by Gasteiger charge is 2.26. The lowest BCUT2D eigenvalue weighted by atomic mass is 10.2. The van der Waals surface area contributed by atoms with Crippen molar-refractivity contribution >= 4 is 27.0 Å². The fourth-order valence-corrected chi connectivity index (χ4v) is 4.86. The van der Waals surface area contributed by atoms with Gasteiger partial charge in [0.1, 0.15) is 6.54 Å². The number of imidazole rings is 1. The van der Waals surface area contributed by atoms with Gasteiger partial charge >= 0.3 is 5.69 Å². The van der Waals surface area contributed by atoms with E-state index in [2.05, 4.69) is 10.3 Å². The maximum absolute atomic E-state index is 13.3. The average Bonchev–Trinajstić information content (AvgIpc) is 3.05. The predicted molar refractivity (Wildman–Crippen MR) is 116 cm³/mol. The van der Waals surface area contributed by atoms with Crippen LogP contribution in [0, 0.1) is 6.92 Å². The second-order valence-corrected chi connectivity index (χ2v) is 8.87. The molecule has 0 fully saturated rings. The molecular weight excluding hydrogens is 416 g/mol. The lowest BCUT2D eigenvalue weighted by molar-refractivity contribution is -0.121. The highest BCUT2D eigenvalue weighted by Crippen LogP contribution is 2.20. The third-order valence-electron chi connectivity index (χ3n) is 4.84. The van der Waals surface area contributed by atoms with Crippen LogP contribution in [-0.2, 0) is 27.9 Å². The molecule has 1 N–H and O–H groups in total. The molecule has 2 aromatic heterocycles. The molecule has 4 aromatic rings. The summed E-state index contributed by atoms with van der Waals surface area (Å²) < 4.78 is 28.5. The number of aryl methyl sites for hydroxylation is 1. The lowest BCUT2D eigenvalue weighted by Gasteiger charge is -2.07. The summed E-state index contributed by atoms with van der Waals surface area (Å²) in [6, 6.07) is 16.4. The van der Waals surface area contributed by atoms with Crippen LogP contribution in [0.15, 0.2) is 82.7 Å². The Balaban J connectivity index is 1.72. The van der Waals surface area contributed by atoms with Crippen LogP contribution >= 0.6 is 0 Å². The van der Waals surface area contributed by atoms with Gasteiger partial charge in [-0.1, -0.05) is 30.3 Å². The van der Waals surface area contributed by atoms with Crippen LogP contribution < -0.4 is 11.0 Å². The van der Waals surface area contributed by atoms with Crippen molar-refractivity contribution in [3.8, 4) is 0 Å². The van der Waals surface area contributed by atoms with Crippen LogP contribution in [0.3, 0.4) is 0 Å². The number of aromatic nitrogens is 3. The number of hydrogen-bond acceptors (Lipinski definition) is 5. The van der Waals surface area contributed by atoms with Crippen molar-refractivity contribution in [2.24, 2.45) is 0 Å². The van der Waals surface area contributed by atoms with E-state index < -0.39 is 21.6 Å². The third kappa shape index (κ3) is 3.99. The quantitative estimate of drug-likeness (QED) is 0.498. The Kier molecular flexibility index (Phi) is 5.43. The van der Waals surface area contributed by atoms with Crippen LogP contribution in [0.4, 0.5) is 0 Å². The van der Waals surface area contributed by atoms with Gasteiger partial charge < -0.3 is 5.32 Å². The summed E-state index contributed by atoms with van der Waals surface area (Å²) >= 11 is 0. The molecule has 158 valence electrons. The fourth-order valence-electron chi connectivity index (χ4n) is 3.35. The Morgan fingerprint density at radius 2 is 1.81 bits per heavy atom. The Hall–Kier alpha value is -3.72. The summed E-state index contributed by atoms with van der Waals surface area (Å²) in [5, 5.41) is 2.73. The number of rotatable bonds is 6. The minimum absolute atomic E-state index is 0.0125. The average molecular weight is 436 g/mol. The standard InChI is InChI=1S/C22H20N4O4S/c1-16-6-4-8-18(12-16)31(29,30)26-20-10-3-2-9-19(20)25(22(26)28)15-21(27)24-14-17-7-5-11-23-13-17/h2-13H,14-15H2,1H3,(H,24,27). The molecule has 4 rings (SSSR count). The number of benzene rings is 2. The number of carbonyl (C=O) groups is 1. The van der Waals surface area contributed by atoms with E-state index >= 15 is 0 Å². The summed E-state index contributed by atoms with van der Waals surface area (Å²) in [6.45, 7) is 1.72. The van der Waals surface area contributed by atoms with Crippen molar-refractivity contribution < 1.29 is 13.2 Å². The van der Waals surface area contributed by atoms with Gasteiger partial charge in [-0.25, -0.2) is 13.2 Å². The van der Waals surface area contributed by atoms with Crippen LogP contribution in [0.1, 0.15) is 11.1 Å². The molecular formula is C22H20N4O4S. The molecule has 0 unspecified atom stereocenters. The van der Waals surface area contributed by atoms with Gasteiger partial charge in [0.15, 0.2) is 0 Å².